The second-order valence-corrected chi connectivity index (χ2v) is 7.49. The van der Waals surface area contributed by atoms with Gasteiger partial charge in [-0.05, 0) is 58.8 Å². The minimum atomic E-state index is -0.0807. The zero-order valence-corrected chi connectivity index (χ0v) is 16.8. The summed E-state index contributed by atoms with van der Waals surface area (Å²) in [6.45, 7) is 0. The van der Waals surface area contributed by atoms with E-state index in [0.717, 1.165) is 22.3 Å². The molecule has 5 aromatic rings. The van der Waals surface area contributed by atoms with Crippen molar-refractivity contribution < 1.29 is 0 Å². The Labute approximate surface area is 178 Å². The van der Waals surface area contributed by atoms with Gasteiger partial charge in [0.25, 0.3) is 0 Å². The van der Waals surface area contributed by atoms with Crippen LogP contribution in [0.2, 0.25) is 5.02 Å². The van der Waals surface area contributed by atoms with Crippen LogP contribution in [0.4, 0.5) is 0 Å². The molecule has 144 valence electrons. The molecule has 0 spiro atoms. The fourth-order valence-electron chi connectivity index (χ4n) is 3.60. The first kappa shape index (κ1) is 18.3. The molecule has 0 atom stereocenters. The molecule has 1 heterocycles. The van der Waals surface area contributed by atoms with E-state index in [2.05, 4.69) is 30.3 Å². The van der Waals surface area contributed by atoms with E-state index < -0.39 is 0 Å². The standard InChI is InChI=1S/C26H17ClN2O/c27-21-12-14-22(15-13-21)29-26-23(7-3-4-8-25(26)30)24(28-29)16-10-18-9-11-19-5-1-2-6-20(19)17-18/h1-17H/b16-10+. The van der Waals surface area contributed by atoms with E-state index in [9.17, 15) is 4.79 Å². The van der Waals surface area contributed by atoms with Gasteiger partial charge in [0.2, 0.25) is 5.43 Å². The normalized spacial score (nSPS) is 11.5. The van der Waals surface area contributed by atoms with Crippen molar-refractivity contribution in [2.24, 2.45) is 0 Å². The minimum Gasteiger partial charge on any atom is -0.288 e. The number of rotatable bonds is 3. The van der Waals surface area contributed by atoms with Gasteiger partial charge >= 0.3 is 0 Å². The summed E-state index contributed by atoms with van der Waals surface area (Å²) in [5, 5.41) is 8.57. The summed E-state index contributed by atoms with van der Waals surface area (Å²) in [6.07, 6.45) is 3.98. The van der Waals surface area contributed by atoms with Crippen LogP contribution in [0.3, 0.4) is 0 Å². The van der Waals surface area contributed by atoms with Crippen LogP contribution in [-0.2, 0) is 0 Å². The number of aromatic nitrogens is 2. The van der Waals surface area contributed by atoms with Gasteiger partial charge in [0.1, 0.15) is 5.52 Å². The maximum Gasteiger partial charge on any atom is 0.204 e. The quantitative estimate of drug-likeness (QED) is 0.348. The van der Waals surface area contributed by atoms with E-state index in [-0.39, 0.29) is 5.43 Å². The Bertz CT molecular complexity index is 1470. The van der Waals surface area contributed by atoms with Gasteiger partial charge in [0.05, 0.1) is 11.4 Å². The first-order valence-electron chi connectivity index (χ1n) is 9.64. The Morgan fingerprint density at radius 1 is 0.767 bits per heavy atom. The number of halogens is 1. The molecule has 0 bridgehead atoms. The maximum absolute atomic E-state index is 12.8. The van der Waals surface area contributed by atoms with E-state index in [4.69, 9.17) is 16.7 Å². The number of hydrogen-bond donors (Lipinski definition) is 0. The summed E-state index contributed by atoms with van der Waals surface area (Å²) >= 11 is 6.03. The molecule has 5 rings (SSSR count). The van der Waals surface area contributed by atoms with Gasteiger partial charge in [-0.3, -0.25) is 4.79 Å². The van der Waals surface area contributed by atoms with Gasteiger partial charge in [-0.1, -0.05) is 72.3 Å². The SMILES string of the molecule is O=c1ccccc2c(/C=C/c3ccc4ccccc4c3)nn(-c3ccc(Cl)cc3)c12. The van der Waals surface area contributed by atoms with Gasteiger partial charge in [0.15, 0.2) is 0 Å². The van der Waals surface area contributed by atoms with Gasteiger partial charge in [-0.2, -0.15) is 5.10 Å². The first-order chi connectivity index (χ1) is 14.7. The van der Waals surface area contributed by atoms with Crippen LogP contribution in [0.25, 0.3) is 39.5 Å². The largest absolute Gasteiger partial charge is 0.288 e. The van der Waals surface area contributed by atoms with Gasteiger partial charge in [0, 0.05) is 10.4 Å². The molecule has 4 heteroatoms. The molecule has 1 aromatic heterocycles. The third kappa shape index (κ3) is 3.40. The molecular formula is C26H17ClN2O. The highest BCUT2D eigenvalue weighted by Gasteiger charge is 2.12. The fourth-order valence-corrected chi connectivity index (χ4v) is 3.73. The lowest BCUT2D eigenvalue weighted by Gasteiger charge is -2.02. The van der Waals surface area contributed by atoms with Crippen LogP contribution in [0.1, 0.15) is 11.3 Å². The summed E-state index contributed by atoms with van der Waals surface area (Å²) in [5.41, 5.74) is 3.06. The van der Waals surface area contributed by atoms with Gasteiger partial charge < -0.3 is 0 Å². The van der Waals surface area contributed by atoms with Crippen LogP contribution in [0.5, 0.6) is 0 Å². The second-order valence-electron chi connectivity index (χ2n) is 7.06. The van der Waals surface area contributed by atoms with Crippen molar-refractivity contribution in [3.63, 3.8) is 0 Å². The molecule has 0 fully saturated rings. The predicted octanol–water partition coefficient (Wildman–Crippen LogP) is 6.36. The molecule has 0 amide bonds. The summed E-state index contributed by atoms with van der Waals surface area (Å²) in [4.78, 5) is 12.8. The average Bonchev–Trinajstić information content (AvgIpc) is 3.02. The average molecular weight is 409 g/mol. The Morgan fingerprint density at radius 3 is 2.33 bits per heavy atom. The van der Waals surface area contributed by atoms with Crippen molar-refractivity contribution in [3.8, 4) is 5.69 Å². The molecule has 0 N–H and O–H groups in total. The second kappa shape index (κ2) is 7.62. The Kier molecular flexibility index (Phi) is 4.66. The predicted molar refractivity (Wildman–Crippen MR) is 125 cm³/mol. The van der Waals surface area contributed by atoms with Crippen molar-refractivity contribution in [3.05, 3.63) is 117 Å². The molecule has 0 unspecified atom stereocenters. The maximum atomic E-state index is 12.8. The van der Waals surface area contributed by atoms with Crippen LogP contribution in [0, 0.1) is 0 Å². The third-order valence-electron chi connectivity index (χ3n) is 5.08. The van der Waals surface area contributed by atoms with Crippen LogP contribution in [-0.4, -0.2) is 9.78 Å². The molecule has 0 aliphatic carbocycles. The summed E-state index contributed by atoms with van der Waals surface area (Å²) < 4.78 is 1.69. The molecule has 30 heavy (non-hydrogen) atoms. The number of hydrogen-bond acceptors (Lipinski definition) is 2. The van der Waals surface area contributed by atoms with E-state index in [1.54, 1.807) is 28.9 Å². The Hall–Kier alpha value is -3.69. The van der Waals surface area contributed by atoms with Crippen LogP contribution < -0.4 is 5.43 Å². The lowest BCUT2D eigenvalue weighted by atomic mass is 10.1. The number of fused-ring (bicyclic) bond motifs is 2. The molecule has 4 aromatic carbocycles. The van der Waals surface area contributed by atoms with Crippen molar-refractivity contribution in [2.45, 2.75) is 0 Å². The topological polar surface area (TPSA) is 34.9 Å². The first-order valence-corrected chi connectivity index (χ1v) is 10.0. The van der Waals surface area contributed by atoms with E-state index in [1.807, 2.05) is 48.6 Å². The molecule has 0 saturated carbocycles. The summed E-state index contributed by atoms with van der Waals surface area (Å²) in [5.74, 6) is 0. The minimum absolute atomic E-state index is 0.0807. The van der Waals surface area contributed by atoms with E-state index in [0.29, 0.717) is 10.5 Å². The monoisotopic (exact) mass is 408 g/mol. The summed E-state index contributed by atoms with van der Waals surface area (Å²) in [7, 11) is 0. The Morgan fingerprint density at radius 2 is 1.50 bits per heavy atom. The van der Waals surface area contributed by atoms with Crippen molar-refractivity contribution in [1.82, 2.24) is 9.78 Å². The van der Waals surface area contributed by atoms with Crippen molar-refractivity contribution in [1.29, 1.82) is 0 Å². The molecule has 3 nitrogen and oxygen atoms in total. The number of nitrogens with zero attached hydrogens (tertiary/aromatic N) is 2. The molecular weight excluding hydrogens is 392 g/mol. The highest BCUT2D eigenvalue weighted by Crippen LogP contribution is 2.23. The zero-order valence-electron chi connectivity index (χ0n) is 16.0. The van der Waals surface area contributed by atoms with E-state index in [1.165, 1.54) is 10.8 Å². The highest BCUT2D eigenvalue weighted by atomic mass is 35.5. The summed E-state index contributed by atoms with van der Waals surface area (Å²) in [6, 6.07) is 29.0. The highest BCUT2D eigenvalue weighted by molar-refractivity contribution is 6.30. The molecule has 0 aliphatic rings. The fraction of sp³-hybridized carbons (Fsp3) is 0. The lowest BCUT2D eigenvalue weighted by molar-refractivity contribution is 0.902. The van der Waals surface area contributed by atoms with Gasteiger partial charge in [-0.15, -0.1) is 0 Å². The van der Waals surface area contributed by atoms with E-state index >= 15 is 0 Å². The van der Waals surface area contributed by atoms with Gasteiger partial charge in [-0.25, -0.2) is 4.68 Å². The third-order valence-corrected chi connectivity index (χ3v) is 5.34. The molecule has 0 aliphatic heterocycles. The van der Waals surface area contributed by atoms with Crippen LogP contribution in [0.15, 0.2) is 95.8 Å². The zero-order chi connectivity index (χ0) is 20.5. The Balaban J connectivity index is 1.66. The molecule has 0 radical (unpaired) electrons. The lowest BCUT2D eigenvalue weighted by Crippen LogP contribution is -2.04. The van der Waals surface area contributed by atoms with Crippen molar-refractivity contribution >= 4 is 45.4 Å². The molecule has 0 saturated heterocycles. The smallest absolute Gasteiger partial charge is 0.204 e. The van der Waals surface area contributed by atoms with Crippen molar-refractivity contribution in [2.75, 3.05) is 0 Å². The number of benzene rings is 3. The van der Waals surface area contributed by atoms with Crippen LogP contribution >= 0.6 is 11.6 Å².